The first-order valence-corrected chi connectivity index (χ1v) is 10.6. The summed E-state index contributed by atoms with van der Waals surface area (Å²) in [6.07, 6.45) is 7.51. The number of aromatic nitrogens is 2. The summed E-state index contributed by atoms with van der Waals surface area (Å²) >= 11 is 0. The molecular formula is C24H29N3O. The topological polar surface area (TPSA) is 30.3 Å². The van der Waals surface area contributed by atoms with Gasteiger partial charge in [-0.2, -0.15) is 4.98 Å². The van der Waals surface area contributed by atoms with Gasteiger partial charge in [-0.15, -0.1) is 0 Å². The number of hydrogen-bond acceptors (Lipinski definition) is 3. The first-order valence-electron chi connectivity index (χ1n) is 10.6. The summed E-state index contributed by atoms with van der Waals surface area (Å²) in [5, 5.41) is 0. The van der Waals surface area contributed by atoms with Crippen LogP contribution >= 0.6 is 0 Å². The largest absolute Gasteiger partial charge is 0.468 e. The number of imidazole rings is 1. The number of para-hydroxylation sites is 2. The maximum atomic E-state index is 5.65. The van der Waals surface area contributed by atoms with Crippen LogP contribution in [0.5, 0.6) is 6.01 Å². The molecule has 2 bridgehead atoms. The molecule has 0 saturated carbocycles. The van der Waals surface area contributed by atoms with Crippen LogP contribution in [0.25, 0.3) is 11.0 Å². The Morgan fingerprint density at radius 1 is 0.929 bits per heavy atom. The molecule has 2 aliphatic rings. The van der Waals surface area contributed by atoms with Gasteiger partial charge in [-0.1, -0.05) is 42.5 Å². The van der Waals surface area contributed by atoms with Crippen LogP contribution in [0.2, 0.25) is 0 Å². The molecule has 2 saturated heterocycles. The van der Waals surface area contributed by atoms with Crippen molar-refractivity contribution in [2.75, 3.05) is 13.7 Å². The lowest BCUT2D eigenvalue weighted by molar-refractivity contribution is 0.104. The average molecular weight is 376 g/mol. The van der Waals surface area contributed by atoms with Crippen molar-refractivity contribution in [3.05, 3.63) is 60.2 Å². The number of nitrogens with zero attached hydrogens (tertiary/aromatic N) is 3. The van der Waals surface area contributed by atoms with E-state index >= 15 is 0 Å². The highest BCUT2D eigenvalue weighted by atomic mass is 16.5. The second-order valence-corrected chi connectivity index (χ2v) is 8.29. The van der Waals surface area contributed by atoms with E-state index in [1.54, 1.807) is 7.11 Å². The molecule has 4 heteroatoms. The molecule has 0 spiro atoms. The van der Waals surface area contributed by atoms with Gasteiger partial charge in [0.1, 0.15) is 0 Å². The number of benzene rings is 2. The first-order chi connectivity index (χ1) is 13.8. The van der Waals surface area contributed by atoms with E-state index in [4.69, 9.17) is 9.72 Å². The predicted molar refractivity (Wildman–Crippen MR) is 113 cm³/mol. The monoisotopic (exact) mass is 375 g/mol. The highest BCUT2D eigenvalue weighted by molar-refractivity contribution is 5.76. The van der Waals surface area contributed by atoms with E-state index < -0.39 is 0 Å². The highest BCUT2D eigenvalue weighted by Crippen LogP contribution is 2.43. The molecule has 2 aromatic carbocycles. The van der Waals surface area contributed by atoms with E-state index in [1.807, 2.05) is 0 Å². The Hall–Kier alpha value is -2.33. The SMILES string of the molecule is COc1nc2ccccc2n1C1CC2CCC(C1)N2CCCc1ccccc1. The number of hydrogen-bond donors (Lipinski definition) is 0. The molecule has 28 heavy (non-hydrogen) atoms. The van der Waals surface area contributed by atoms with Gasteiger partial charge >= 0.3 is 0 Å². The Bertz CT molecular complexity index is 921. The van der Waals surface area contributed by atoms with Crippen LogP contribution in [0.1, 0.15) is 43.7 Å². The molecular weight excluding hydrogens is 346 g/mol. The van der Waals surface area contributed by atoms with Crippen LogP contribution in [0.3, 0.4) is 0 Å². The van der Waals surface area contributed by atoms with Crippen molar-refractivity contribution in [1.82, 2.24) is 14.5 Å². The van der Waals surface area contributed by atoms with E-state index in [9.17, 15) is 0 Å². The predicted octanol–water partition coefficient (Wildman–Crippen LogP) is 4.85. The average Bonchev–Trinajstić information content (AvgIpc) is 3.22. The van der Waals surface area contributed by atoms with Gasteiger partial charge in [0.05, 0.1) is 18.1 Å². The van der Waals surface area contributed by atoms with Gasteiger partial charge in [-0.25, -0.2) is 0 Å². The Morgan fingerprint density at radius 2 is 1.64 bits per heavy atom. The van der Waals surface area contributed by atoms with Crippen molar-refractivity contribution in [3.63, 3.8) is 0 Å². The molecule has 0 N–H and O–H groups in total. The molecule has 0 radical (unpaired) electrons. The number of fused-ring (bicyclic) bond motifs is 3. The highest BCUT2D eigenvalue weighted by Gasteiger charge is 2.41. The Labute approximate surface area is 167 Å². The molecule has 4 nitrogen and oxygen atoms in total. The zero-order chi connectivity index (χ0) is 18.9. The van der Waals surface area contributed by atoms with Gasteiger partial charge in [0, 0.05) is 18.1 Å². The smallest absolute Gasteiger partial charge is 0.297 e. The standard InChI is InChI=1S/C24H29N3O/c1-28-24-25-22-11-5-6-12-23(22)27(24)21-16-19-13-14-20(17-21)26(19)15-7-10-18-8-3-2-4-9-18/h2-6,8-9,11-12,19-21H,7,10,13-17H2,1H3. The molecule has 0 amide bonds. The van der Waals surface area contributed by atoms with Crippen LogP contribution < -0.4 is 4.74 Å². The summed E-state index contributed by atoms with van der Waals surface area (Å²) in [6.45, 7) is 1.22. The lowest BCUT2D eigenvalue weighted by Gasteiger charge is -2.39. The number of rotatable bonds is 6. The van der Waals surface area contributed by atoms with Crippen LogP contribution in [-0.2, 0) is 6.42 Å². The maximum Gasteiger partial charge on any atom is 0.297 e. The Morgan fingerprint density at radius 3 is 2.39 bits per heavy atom. The summed E-state index contributed by atoms with van der Waals surface area (Å²) in [4.78, 5) is 7.50. The summed E-state index contributed by atoms with van der Waals surface area (Å²) in [6, 6.07) is 22.0. The van der Waals surface area contributed by atoms with Gasteiger partial charge in [0.2, 0.25) is 0 Å². The maximum absolute atomic E-state index is 5.65. The second kappa shape index (κ2) is 7.59. The van der Waals surface area contributed by atoms with Crippen molar-refractivity contribution in [3.8, 4) is 6.01 Å². The first kappa shape index (κ1) is 17.7. The van der Waals surface area contributed by atoms with E-state index in [0.717, 1.165) is 11.5 Å². The molecule has 2 fully saturated rings. The van der Waals surface area contributed by atoms with Crippen LogP contribution in [0, 0.1) is 0 Å². The Kier molecular flexibility index (Phi) is 4.81. The summed E-state index contributed by atoms with van der Waals surface area (Å²) in [5.41, 5.74) is 3.71. The third-order valence-electron chi connectivity index (χ3n) is 6.70. The minimum atomic E-state index is 0.491. The van der Waals surface area contributed by atoms with Gasteiger partial charge in [0.25, 0.3) is 6.01 Å². The van der Waals surface area contributed by atoms with Crippen molar-refractivity contribution >= 4 is 11.0 Å². The molecule has 1 aromatic heterocycles. The zero-order valence-electron chi connectivity index (χ0n) is 16.6. The minimum absolute atomic E-state index is 0.491. The van der Waals surface area contributed by atoms with Gasteiger partial charge in [-0.05, 0) is 62.8 Å². The van der Waals surface area contributed by atoms with Gasteiger partial charge in [-0.3, -0.25) is 9.47 Å². The molecule has 2 aliphatic heterocycles. The van der Waals surface area contributed by atoms with Crippen LogP contribution in [0.4, 0.5) is 0 Å². The van der Waals surface area contributed by atoms with Crippen molar-refractivity contribution in [2.45, 2.75) is 56.7 Å². The summed E-state index contributed by atoms with van der Waals surface area (Å²) in [7, 11) is 1.74. The molecule has 3 heterocycles. The van der Waals surface area contributed by atoms with E-state index in [0.29, 0.717) is 18.1 Å². The molecule has 2 atom stereocenters. The number of aryl methyl sites for hydroxylation is 1. The quantitative estimate of drug-likeness (QED) is 0.617. The fraction of sp³-hybridized carbons (Fsp3) is 0.458. The Balaban J connectivity index is 1.29. The second-order valence-electron chi connectivity index (χ2n) is 8.29. The van der Waals surface area contributed by atoms with Crippen molar-refractivity contribution in [2.24, 2.45) is 0 Å². The molecule has 0 aliphatic carbocycles. The van der Waals surface area contributed by atoms with E-state index in [2.05, 4.69) is 64.1 Å². The molecule has 5 rings (SSSR count). The third kappa shape index (κ3) is 3.20. The van der Waals surface area contributed by atoms with Gasteiger partial charge in [0.15, 0.2) is 0 Å². The fourth-order valence-electron chi connectivity index (χ4n) is 5.45. The molecule has 3 aromatic rings. The van der Waals surface area contributed by atoms with Gasteiger partial charge < -0.3 is 4.74 Å². The van der Waals surface area contributed by atoms with E-state index in [-0.39, 0.29) is 0 Å². The van der Waals surface area contributed by atoms with E-state index in [1.165, 1.54) is 56.1 Å². The number of methoxy groups -OCH3 is 1. The van der Waals surface area contributed by atoms with Crippen molar-refractivity contribution in [1.29, 1.82) is 0 Å². The number of piperidine rings is 1. The lowest BCUT2D eigenvalue weighted by atomic mass is 9.96. The molecule has 146 valence electrons. The van der Waals surface area contributed by atoms with Crippen molar-refractivity contribution < 1.29 is 4.74 Å². The normalized spacial score (nSPS) is 24.7. The van der Waals surface area contributed by atoms with Crippen LogP contribution in [-0.4, -0.2) is 40.2 Å². The molecule has 2 unspecified atom stereocenters. The third-order valence-corrected chi connectivity index (χ3v) is 6.70. The fourth-order valence-corrected chi connectivity index (χ4v) is 5.45. The zero-order valence-corrected chi connectivity index (χ0v) is 16.6. The summed E-state index contributed by atoms with van der Waals surface area (Å²) < 4.78 is 8.02. The van der Waals surface area contributed by atoms with Crippen LogP contribution in [0.15, 0.2) is 54.6 Å². The minimum Gasteiger partial charge on any atom is -0.468 e. The number of ether oxygens (including phenoxy) is 1. The summed E-state index contributed by atoms with van der Waals surface area (Å²) in [5.74, 6) is 0. The lowest BCUT2D eigenvalue weighted by Crippen LogP contribution is -2.44.